The van der Waals surface area contributed by atoms with Crippen LogP contribution in [0.3, 0.4) is 0 Å². The predicted octanol–water partition coefficient (Wildman–Crippen LogP) is 3.48. The number of nitrogens with zero attached hydrogens (tertiary/aromatic N) is 1. The van der Waals surface area contributed by atoms with Gasteiger partial charge < -0.3 is 9.47 Å². The molecule has 0 amide bonds. The Labute approximate surface area is 134 Å². The lowest BCUT2D eigenvalue weighted by molar-refractivity contribution is 0.0600. The van der Waals surface area contributed by atoms with Crippen LogP contribution in [0.4, 0.5) is 0 Å². The second-order valence-electron chi connectivity index (χ2n) is 5.00. The molecule has 0 radical (unpaired) electrons. The number of ether oxygens (including phenoxy) is 2. The molecule has 2 aromatic rings. The first-order valence-electron chi connectivity index (χ1n) is 7.04. The fourth-order valence-corrected chi connectivity index (χ4v) is 2.40. The van der Waals surface area contributed by atoms with Crippen molar-refractivity contribution in [3.63, 3.8) is 0 Å². The number of halogens is 1. The van der Waals surface area contributed by atoms with Crippen molar-refractivity contribution in [2.75, 3.05) is 13.7 Å². The Kier molecular flexibility index (Phi) is 5.44. The number of hydrogen-bond donors (Lipinski definition) is 1. The first kappa shape index (κ1) is 16.4. The lowest BCUT2D eigenvalue weighted by Gasteiger charge is -2.09. The van der Waals surface area contributed by atoms with Crippen LogP contribution in [0.15, 0.2) is 18.2 Å². The fourth-order valence-electron chi connectivity index (χ4n) is 2.23. The third kappa shape index (κ3) is 3.80. The molecule has 0 aliphatic heterocycles. The SMILES string of the molecule is COC(=O)c1ccc(Cl)c(OCCCc2c(C)n[nH]c2C)c1. The molecule has 0 saturated heterocycles. The zero-order chi connectivity index (χ0) is 16.1. The van der Waals surface area contributed by atoms with Crippen LogP contribution in [0.1, 0.15) is 33.7 Å². The number of benzene rings is 1. The Balaban J connectivity index is 1.93. The number of methoxy groups -OCH3 is 1. The monoisotopic (exact) mass is 322 g/mol. The van der Waals surface area contributed by atoms with E-state index in [2.05, 4.69) is 14.9 Å². The molecule has 5 nitrogen and oxygen atoms in total. The van der Waals surface area contributed by atoms with Gasteiger partial charge in [0.1, 0.15) is 5.75 Å². The number of rotatable bonds is 6. The van der Waals surface area contributed by atoms with Crippen LogP contribution in [-0.4, -0.2) is 29.9 Å². The number of aryl methyl sites for hydroxylation is 2. The molecule has 0 atom stereocenters. The van der Waals surface area contributed by atoms with E-state index in [1.54, 1.807) is 18.2 Å². The molecule has 1 N–H and O–H groups in total. The molecule has 0 aliphatic carbocycles. The Hall–Kier alpha value is -2.01. The van der Waals surface area contributed by atoms with Crippen molar-refractivity contribution < 1.29 is 14.3 Å². The quantitative estimate of drug-likeness (QED) is 0.653. The molecule has 0 bridgehead atoms. The predicted molar refractivity (Wildman–Crippen MR) is 84.7 cm³/mol. The van der Waals surface area contributed by atoms with E-state index < -0.39 is 5.97 Å². The van der Waals surface area contributed by atoms with E-state index in [4.69, 9.17) is 16.3 Å². The standard InChI is InChI=1S/C16H19ClN2O3/c1-10-13(11(2)19-18-10)5-4-8-22-15-9-12(16(20)21-3)6-7-14(15)17/h6-7,9H,4-5,8H2,1-3H3,(H,18,19). The second-order valence-corrected chi connectivity index (χ2v) is 5.41. The summed E-state index contributed by atoms with van der Waals surface area (Å²) in [6, 6.07) is 4.84. The van der Waals surface area contributed by atoms with Gasteiger partial charge >= 0.3 is 5.97 Å². The van der Waals surface area contributed by atoms with Crippen LogP contribution in [0.5, 0.6) is 5.75 Å². The summed E-state index contributed by atoms with van der Waals surface area (Å²) < 4.78 is 10.4. The zero-order valence-corrected chi connectivity index (χ0v) is 13.7. The number of H-pyrrole nitrogens is 1. The molecule has 118 valence electrons. The van der Waals surface area contributed by atoms with Crippen molar-refractivity contribution in [3.8, 4) is 5.75 Å². The van der Waals surface area contributed by atoms with Crippen LogP contribution in [0.2, 0.25) is 5.02 Å². The molecule has 2 rings (SSSR count). The van der Waals surface area contributed by atoms with E-state index in [0.717, 1.165) is 24.2 Å². The zero-order valence-electron chi connectivity index (χ0n) is 12.9. The normalized spacial score (nSPS) is 10.5. The highest BCUT2D eigenvalue weighted by Crippen LogP contribution is 2.26. The minimum Gasteiger partial charge on any atom is -0.492 e. The van der Waals surface area contributed by atoms with Crippen molar-refractivity contribution in [2.45, 2.75) is 26.7 Å². The maximum Gasteiger partial charge on any atom is 0.337 e. The average Bonchev–Trinajstić information content (AvgIpc) is 2.83. The highest BCUT2D eigenvalue weighted by Gasteiger charge is 2.10. The molecule has 0 unspecified atom stereocenters. The van der Waals surface area contributed by atoms with Crippen LogP contribution < -0.4 is 4.74 Å². The van der Waals surface area contributed by atoms with E-state index >= 15 is 0 Å². The van der Waals surface area contributed by atoms with E-state index in [9.17, 15) is 4.79 Å². The average molecular weight is 323 g/mol. The Morgan fingerprint density at radius 3 is 2.77 bits per heavy atom. The summed E-state index contributed by atoms with van der Waals surface area (Å²) in [6.07, 6.45) is 1.71. The van der Waals surface area contributed by atoms with E-state index in [-0.39, 0.29) is 0 Å². The minimum atomic E-state index is -0.411. The molecular formula is C16H19ClN2O3. The number of carbonyl (C=O) groups excluding carboxylic acids is 1. The summed E-state index contributed by atoms with van der Waals surface area (Å²) in [4.78, 5) is 11.5. The van der Waals surface area contributed by atoms with Crippen LogP contribution in [-0.2, 0) is 11.2 Å². The van der Waals surface area contributed by atoms with Gasteiger partial charge in [-0.25, -0.2) is 4.79 Å². The number of esters is 1. The Bertz CT molecular complexity index is 648. The number of aromatic amines is 1. The van der Waals surface area contributed by atoms with E-state index in [0.29, 0.717) is 22.9 Å². The third-order valence-electron chi connectivity index (χ3n) is 3.46. The van der Waals surface area contributed by atoms with Gasteiger partial charge in [0.15, 0.2) is 0 Å². The molecular weight excluding hydrogens is 304 g/mol. The molecule has 0 spiro atoms. The van der Waals surface area contributed by atoms with Crippen molar-refractivity contribution in [3.05, 3.63) is 45.7 Å². The number of carbonyl (C=O) groups is 1. The summed E-state index contributed by atoms with van der Waals surface area (Å²) in [5, 5.41) is 7.61. The van der Waals surface area contributed by atoms with E-state index in [1.165, 1.54) is 12.7 Å². The molecule has 0 aliphatic rings. The molecule has 22 heavy (non-hydrogen) atoms. The van der Waals surface area contributed by atoms with Gasteiger partial charge in [0.2, 0.25) is 0 Å². The van der Waals surface area contributed by atoms with Gasteiger partial charge in [-0.1, -0.05) is 11.6 Å². The molecule has 6 heteroatoms. The van der Waals surface area contributed by atoms with Gasteiger partial charge in [-0.2, -0.15) is 5.10 Å². The Morgan fingerprint density at radius 1 is 1.36 bits per heavy atom. The topological polar surface area (TPSA) is 64.2 Å². The second kappa shape index (κ2) is 7.31. The van der Waals surface area contributed by atoms with Gasteiger partial charge in [0, 0.05) is 5.69 Å². The van der Waals surface area contributed by atoms with Gasteiger partial charge in [0.05, 0.1) is 30.0 Å². The highest BCUT2D eigenvalue weighted by molar-refractivity contribution is 6.32. The fraction of sp³-hybridized carbons (Fsp3) is 0.375. The van der Waals surface area contributed by atoms with Crippen molar-refractivity contribution in [1.29, 1.82) is 0 Å². The van der Waals surface area contributed by atoms with Gasteiger partial charge in [-0.15, -0.1) is 0 Å². The summed E-state index contributed by atoms with van der Waals surface area (Å²) in [5.74, 6) is 0.0800. The summed E-state index contributed by atoms with van der Waals surface area (Å²) >= 11 is 6.08. The molecule has 1 heterocycles. The van der Waals surface area contributed by atoms with Crippen LogP contribution in [0.25, 0.3) is 0 Å². The van der Waals surface area contributed by atoms with Crippen molar-refractivity contribution in [1.82, 2.24) is 10.2 Å². The maximum absolute atomic E-state index is 11.5. The first-order chi connectivity index (χ1) is 10.5. The minimum absolute atomic E-state index is 0.411. The van der Waals surface area contributed by atoms with Crippen molar-refractivity contribution >= 4 is 17.6 Å². The number of aromatic nitrogens is 2. The largest absolute Gasteiger partial charge is 0.492 e. The van der Waals surface area contributed by atoms with Crippen LogP contribution >= 0.6 is 11.6 Å². The first-order valence-corrected chi connectivity index (χ1v) is 7.42. The molecule has 0 saturated carbocycles. The van der Waals surface area contributed by atoms with Crippen LogP contribution in [0, 0.1) is 13.8 Å². The third-order valence-corrected chi connectivity index (χ3v) is 3.77. The van der Waals surface area contributed by atoms with E-state index in [1.807, 2.05) is 13.8 Å². The number of nitrogens with one attached hydrogen (secondary N) is 1. The lowest BCUT2D eigenvalue weighted by Crippen LogP contribution is -2.04. The summed E-state index contributed by atoms with van der Waals surface area (Å²) in [7, 11) is 1.34. The van der Waals surface area contributed by atoms with Gasteiger partial charge in [-0.05, 0) is 50.5 Å². The van der Waals surface area contributed by atoms with Gasteiger partial charge in [-0.3, -0.25) is 5.10 Å². The molecule has 1 aromatic heterocycles. The summed E-state index contributed by atoms with van der Waals surface area (Å²) in [5.41, 5.74) is 3.74. The van der Waals surface area contributed by atoms with Crippen molar-refractivity contribution in [2.24, 2.45) is 0 Å². The van der Waals surface area contributed by atoms with Gasteiger partial charge in [0.25, 0.3) is 0 Å². The smallest absolute Gasteiger partial charge is 0.337 e. The lowest BCUT2D eigenvalue weighted by atomic mass is 10.1. The number of hydrogen-bond acceptors (Lipinski definition) is 4. The maximum atomic E-state index is 11.5. The highest BCUT2D eigenvalue weighted by atomic mass is 35.5. The summed E-state index contributed by atoms with van der Waals surface area (Å²) in [6.45, 7) is 4.50. The molecule has 1 aromatic carbocycles. The Morgan fingerprint density at radius 2 is 2.14 bits per heavy atom. The molecule has 0 fully saturated rings.